The van der Waals surface area contributed by atoms with Crippen LogP contribution in [0.15, 0.2) is 42.5 Å². The van der Waals surface area contributed by atoms with Gasteiger partial charge in [-0.05, 0) is 49.4 Å². The molecular formula is C19H17N3O3S. The number of ether oxygens (including phenoxy) is 2. The molecule has 7 heteroatoms. The fourth-order valence-electron chi connectivity index (χ4n) is 2.89. The van der Waals surface area contributed by atoms with E-state index in [0.29, 0.717) is 11.5 Å². The summed E-state index contributed by atoms with van der Waals surface area (Å²) in [5.74, 6) is 1.57. The molecule has 4 aromatic rings. The fraction of sp³-hybridized carbons (Fsp3) is 0.158. The minimum Gasteiger partial charge on any atom is -0.508 e. The number of phenolic OH excluding ortho intramolecular Hbond substituents is 1. The first-order chi connectivity index (χ1) is 12.6. The molecule has 0 aliphatic heterocycles. The van der Waals surface area contributed by atoms with Gasteiger partial charge in [0.2, 0.25) is 4.96 Å². The van der Waals surface area contributed by atoms with E-state index in [1.165, 1.54) is 11.3 Å². The van der Waals surface area contributed by atoms with E-state index in [2.05, 4.69) is 4.98 Å². The summed E-state index contributed by atoms with van der Waals surface area (Å²) in [6.07, 6.45) is 0. The van der Waals surface area contributed by atoms with Gasteiger partial charge in [-0.2, -0.15) is 5.10 Å². The predicted molar refractivity (Wildman–Crippen MR) is 101 cm³/mol. The van der Waals surface area contributed by atoms with Gasteiger partial charge in [-0.25, -0.2) is 9.50 Å². The van der Waals surface area contributed by atoms with Crippen molar-refractivity contribution in [3.8, 4) is 39.1 Å². The molecule has 132 valence electrons. The molecule has 2 heterocycles. The largest absolute Gasteiger partial charge is 0.508 e. The number of hydrogen-bond donors (Lipinski definition) is 1. The van der Waals surface area contributed by atoms with Crippen LogP contribution in [0.2, 0.25) is 0 Å². The minimum atomic E-state index is 0.233. The number of rotatable bonds is 4. The van der Waals surface area contributed by atoms with Crippen LogP contribution < -0.4 is 9.47 Å². The number of aromatic nitrogens is 3. The van der Waals surface area contributed by atoms with Crippen molar-refractivity contribution in [2.75, 3.05) is 14.2 Å². The van der Waals surface area contributed by atoms with E-state index in [1.54, 1.807) is 26.4 Å². The summed E-state index contributed by atoms with van der Waals surface area (Å²) >= 11 is 1.51. The molecule has 1 N–H and O–H groups in total. The average molecular weight is 367 g/mol. The number of methoxy groups -OCH3 is 2. The smallest absolute Gasteiger partial charge is 0.213 e. The monoisotopic (exact) mass is 367 g/mol. The van der Waals surface area contributed by atoms with Crippen molar-refractivity contribution in [2.45, 2.75) is 6.92 Å². The van der Waals surface area contributed by atoms with Gasteiger partial charge in [-0.15, -0.1) is 0 Å². The Kier molecular flexibility index (Phi) is 4.00. The molecule has 0 aliphatic carbocycles. The lowest BCUT2D eigenvalue weighted by Gasteiger charge is -2.08. The molecule has 6 nitrogen and oxygen atoms in total. The number of nitrogens with zero attached hydrogens (tertiary/aromatic N) is 3. The van der Waals surface area contributed by atoms with Crippen LogP contribution in [0.1, 0.15) is 5.69 Å². The van der Waals surface area contributed by atoms with Crippen molar-refractivity contribution in [3.63, 3.8) is 0 Å². The highest BCUT2D eigenvalue weighted by molar-refractivity contribution is 7.19. The lowest BCUT2D eigenvalue weighted by Crippen LogP contribution is -1.92. The second-order valence-corrected chi connectivity index (χ2v) is 6.72. The highest BCUT2D eigenvalue weighted by Crippen LogP contribution is 2.36. The zero-order valence-corrected chi connectivity index (χ0v) is 15.4. The van der Waals surface area contributed by atoms with Gasteiger partial charge < -0.3 is 14.6 Å². The Hall–Kier alpha value is -3.06. The molecule has 0 atom stereocenters. The maximum atomic E-state index is 9.52. The summed E-state index contributed by atoms with van der Waals surface area (Å²) in [5, 5.41) is 15.1. The number of aryl methyl sites for hydroxylation is 1. The Morgan fingerprint density at radius 3 is 2.35 bits per heavy atom. The lowest BCUT2D eigenvalue weighted by atomic mass is 10.1. The maximum absolute atomic E-state index is 9.52. The highest BCUT2D eigenvalue weighted by Gasteiger charge is 2.17. The molecule has 0 aliphatic rings. The molecule has 0 saturated carbocycles. The van der Waals surface area contributed by atoms with Crippen molar-refractivity contribution in [1.82, 2.24) is 14.6 Å². The Bertz CT molecular complexity index is 1080. The summed E-state index contributed by atoms with van der Waals surface area (Å²) in [6.45, 7) is 1.96. The SMILES string of the molecule is COc1ccc(-c2nn3c(-c4ccc(O)cc4)c(C)nc3s2)cc1OC. The number of fused-ring (bicyclic) bond motifs is 1. The van der Waals surface area contributed by atoms with Gasteiger partial charge in [0.25, 0.3) is 0 Å². The normalized spacial score (nSPS) is 11.0. The maximum Gasteiger partial charge on any atom is 0.213 e. The second-order valence-electron chi connectivity index (χ2n) is 5.76. The van der Waals surface area contributed by atoms with Crippen LogP contribution in [-0.2, 0) is 0 Å². The predicted octanol–water partition coefficient (Wildman–Crippen LogP) is 4.16. The standard InChI is InChI=1S/C19H17N3O3S/c1-11-17(12-4-7-14(23)8-5-12)22-19(20-11)26-18(21-22)13-6-9-15(24-2)16(10-13)25-3/h4-10,23H,1-3H3. The number of aromatic hydroxyl groups is 1. The molecule has 2 aromatic heterocycles. The molecule has 2 aromatic carbocycles. The second kappa shape index (κ2) is 6.34. The molecule has 0 radical (unpaired) electrons. The van der Waals surface area contributed by atoms with E-state index in [1.807, 2.05) is 41.8 Å². The van der Waals surface area contributed by atoms with Crippen LogP contribution in [0.4, 0.5) is 0 Å². The van der Waals surface area contributed by atoms with Crippen LogP contribution in [-0.4, -0.2) is 33.9 Å². The van der Waals surface area contributed by atoms with Crippen molar-refractivity contribution in [2.24, 2.45) is 0 Å². The summed E-state index contributed by atoms with van der Waals surface area (Å²) < 4.78 is 12.5. The molecule has 4 rings (SSSR count). The molecular weight excluding hydrogens is 350 g/mol. The highest BCUT2D eigenvalue weighted by atomic mass is 32.1. The molecule has 0 saturated heterocycles. The zero-order chi connectivity index (χ0) is 18.3. The molecule has 0 fully saturated rings. The number of phenols is 1. The number of hydrogen-bond acceptors (Lipinski definition) is 6. The van der Waals surface area contributed by atoms with E-state index < -0.39 is 0 Å². The van der Waals surface area contributed by atoms with Crippen molar-refractivity contribution in [1.29, 1.82) is 0 Å². The Morgan fingerprint density at radius 2 is 1.65 bits per heavy atom. The summed E-state index contributed by atoms with van der Waals surface area (Å²) in [5.41, 5.74) is 3.71. The Morgan fingerprint density at radius 1 is 0.962 bits per heavy atom. The third-order valence-corrected chi connectivity index (χ3v) is 5.11. The molecule has 0 bridgehead atoms. The van der Waals surface area contributed by atoms with Crippen molar-refractivity contribution < 1.29 is 14.6 Å². The van der Waals surface area contributed by atoms with Gasteiger partial charge in [-0.1, -0.05) is 11.3 Å². The zero-order valence-electron chi connectivity index (χ0n) is 14.6. The van der Waals surface area contributed by atoms with Crippen LogP contribution >= 0.6 is 11.3 Å². The molecule has 0 spiro atoms. The van der Waals surface area contributed by atoms with Gasteiger partial charge in [-0.3, -0.25) is 0 Å². The topological polar surface area (TPSA) is 68.9 Å². The third-order valence-electron chi connectivity index (χ3n) is 4.15. The van der Waals surface area contributed by atoms with Gasteiger partial charge in [0.05, 0.1) is 25.6 Å². The van der Waals surface area contributed by atoms with E-state index in [-0.39, 0.29) is 5.75 Å². The quantitative estimate of drug-likeness (QED) is 0.587. The molecule has 0 amide bonds. The third kappa shape index (κ3) is 2.66. The number of imidazole rings is 1. The van der Waals surface area contributed by atoms with Crippen LogP contribution in [0.5, 0.6) is 17.2 Å². The Labute approximate surface area is 154 Å². The average Bonchev–Trinajstić information content (AvgIpc) is 3.18. The fourth-order valence-corrected chi connectivity index (χ4v) is 3.83. The first-order valence-corrected chi connectivity index (χ1v) is 8.80. The lowest BCUT2D eigenvalue weighted by molar-refractivity contribution is 0.355. The van der Waals surface area contributed by atoms with E-state index >= 15 is 0 Å². The van der Waals surface area contributed by atoms with Crippen molar-refractivity contribution in [3.05, 3.63) is 48.2 Å². The van der Waals surface area contributed by atoms with Gasteiger partial charge >= 0.3 is 0 Å². The summed E-state index contributed by atoms with van der Waals surface area (Å²) in [6, 6.07) is 12.8. The van der Waals surface area contributed by atoms with Crippen LogP contribution in [0, 0.1) is 6.92 Å². The van der Waals surface area contributed by atoms with Crippen LogP contribution in [0.3, 0.4) is 0 Å². The Balaban J connectivity index is 1.83. The first kappa shape index (κ1) is 16.4. The van der Waals surface area contributed by atoms with Gasteiger partial charge in [0.15, 0.2) is 11.5 Å². The summed E-state index contributed by atoms with van der Waals surface area (Å²) in [4.78, 5) is 5.45. The minimum absolute atomic E-state index is 0.233. The van der Waals surface area contributed by atoms with Crippen molar-refractivity contribution >= 4 is 16.3 Å². The number of benzene rings is 2. The molecule has 0 unspecified atom stereocenters. The summed E-state index contributed by atoms with van der Waals surface area (Å²) in [7, 11) is 3.23. The van der Waals surface area contributed by atoms with Crippen LogP contribution in [0.25, 0.3) is 26.8 Å². The van der Waals surface area contributed by atoms with E-state index in [0.717, 1.165) is 32.5 Å². The molecule has 26 heavy (non-hydrogen) atoms. The van der Waals surface area contributed by atoms with Gasteiger partial charge in [0.1, 0.15) is 10.8 Å². The van der Waals surface area contributed by atoms with Gasteiger partial charge in [0, 0.05) is 11.1 Å². The van der Waals surface area contributed by atoms with E-state index in [4.69, 9.17) is 14.6 Å². The van der Waals surface area contributed by atoms with E-state index in [9.17, 15) is 5.11 Å². The first-order valence-electron chi connectivity index (χ1n) is 7.98.